The van der Waals surface area contributed by atoms with Crippen molar-refractivity contribution in [2.75, 3.05) is 5.32 Å². The standard InChI is InChI=1S/C22H25ClF3NO2S/c1-4-15(28)11-16(7-12(2)3)30-20-8-13(5-6-17(20)23)22(29)27-14-9-18(24)21(26)19(25)10-14/h5-6,8-10,12,15-16,28H,4,7,11H2,1-3H3,(H,27,29)/t15-,16?/m0/s1. The van der Waals surface area contributed by atoms with Crippen LogP contribution < -0.4 is 5.32 Å². The summed E-state index contributed by atoms with van der Waals surface area (Å²) in [4.78, 5) is 13.2. The fourth-order valence-electron chi connectivity index (χ4n) is 2.93. The molecule has 2 aromatic carbocycles. The zero-order chi connectivity index (χ0) is 22.4. The smallest absolute Gasteiger partial charge is 0.255 e. The third kappa shape index (κ3) is 6.93. The lowest BCUT2D eigenvalue weighted by atomic mass is 10.0. The lowest BCUT2D eigenvalue weighted by Gasteiger charge is -2.22. The van der Waals surface area contributed by atoms with Crippen molar-refractivity contribution in [3.8, 4) is 0 Å². The second kappa shape index (κ2) is 11.1. The van der Waals surface area contributed by atoms with Crippen LogP contribution in [0, 0.1) is 23.4 Å². The maximum atomic E-state index is 13.4. The number of nitrogens with one attached hydrogen (secondary N) is 1. The number of hydrogen-bond donors (Lipinski definition) is 2. The highest BCUT2D eigenvalue weighted by Gasteiger charge is 2.19. The minimum Gasteiger partial charge on any atom is -0.393 e. The van der Waals surface area contributed by atoms with Crippen LogP contribution in [-0.4, -0.2) is 22.4 Å². The van der Waals surface area contributed by atoms with Crippen LogP contribution in [0.25, 0.3) is 0 Å². The average Bonchev–Trinajstić information content (AvgIpc) is 2.66. The molecule has 0 fully saturated rings. The van der Waals surface area contributed by atoms with Crippen LogP contribution >= 0.6 is 23.4 Å². The molecule has 8 heteroatoms. The number of thioether (sulfide) groups is 1. The van der Waals surface area contributed by atoms with Crippen molar-refractivity contribution < 1.29 is 23.1 Å². The Bertz CT molecular complexity index is 872. The van der Waals surface area contributed by atoms with Gasteiger partial charge in [0.05, 0.1) is 11.1 Å². The largest absolute Gasteiger partial charge is 0.393 e. The molecule has 2 N–H and O–H groups in total. The van der Waals surface area contributed by atoms with E-state index in [1.54, 1.807) is 12.1 Å². The summed E-state index contributed by atoms with van der Waals surface area (Å²) in [7, 11) is 0. The summed E-state index contributed by atoms with van der Waals surface area (Å²) in [6.07, 6.45) is 1.69. The van der Waals surface area contributed by atoms with Gasteiger partial charge in [0, 0.05) is 33.5 Å². The van der Waals surface area contributed by atoms with Crippen LogP contribution in [0.5, 0.6) is 0 Å². The Morgan fingerprint density at radius 2 is 1.77 bits per heavy atom. The Kier molecular flexibility index (Phi) is 9.07. The Balaban J connectivity index is 2.21. The summed E-state index contributed by atoms with van der Waals surface area (Å²) in [5.41, 5.74) is 0.0516. The van der Waals surface area contributed by atoms with Crippen LogP contribution in [0.3, 0.4) is 0 Å². The third-order valence-electron chi connectivity index (χ3n) is 4.47. The van der Waals surface area contributed by atoms with Gasteiger partial charge < -0.3 is 10.4 Å². The van der Waals surface area contributed by atoms with Gasteiger partial charge in [0.15, 0.2) is 17.5 Å². The summed E-state index contributed by atoms with van der Waals surface area (Å²) < 4.78 is 39.9. The average molecular weight is 460 g/mol. The quantitative estimate of drug-likeness (QED) is 0.325. The molecular formula is C22H25ClF3NO2S. The molecule has 1 amide bonds. The van der Waals surface area contributed by atoms with E-state index in [1.807, 2.05) is 6.92 Å². The molecule has 164 valence electrons. The number of halogens is 4. The molecule has 30 heavy (non-hydrogen) atoms. The first-order valence-electron chi connectivity index (χ1n) is 9.70. The molecular weight excluding hydrogens is 435 g/mol. The van der Waals surface area contributed by atoms with E-state index in [1.165, 1.54) is 17.8 Å². The monoisotopic (exact) mass is 459 g/mol. The van der Waals surface area contributed by atoms with Crippen LogP contribution in [0.2, 0.25) is 5.02 Å². The van der Waals surface area contributed by atoms with E-state index in [9.17, 15) is 23.1 Å². The van der Waals surface area contributed by atoms with E-state index in [0.29, 0.717) is 40.8 Å². The van der Waals surface area contributed by atoms with Gasteiger partial charge in [-0.1, -0.05) is 32.4 Å². The number of hydrogen-bond acceptors (Lipinski definition) is 3. The molecule has 0 aliphatic carbocycles. The molecule has 0 aliphatic rings. The number of aliphatic hydroxyl groups excluding tert-OH is 1. The number of benzene rings is 2. The first kappa shape index (κ1) is 24.6. The number of aliphatic hydroxyl groups is 1. The molecule has 0 saturated carbocycles. The van der Waals surface area contributed by atoms with Gasteiger partial charge >= 0.3 is 0 Å². The van der Waals surface area contributed by atoms with E-state index in [0.717, 1.165) is 6.42 Å². The van der Waals surface area contributed by atoms with Gasteiger partial charge in [-0.2, -0.15) is 0 Å². The molecule has 0 aliphatic heterocycles. The first-order chi connectivity index (χ1) is 14.1. The summed E-state index contributed by atoms with van der Waals surface area (Å²) in [6.45, 7) is 6.11. The Morgan fingerprint density at radius 1 is 1.13 bits per heavy atom. The summed E-state index contributed by atoms with van der Waals surface area (Å²) in [6, 6.07) is 6.10. The molecule has 2 aromatic rings. The predicted molar refractivity (Wildman–Crippen MR) is 116 cm³/mol. The fourth-order valence-corrected chi connectivity index (χ4v) is 4.72. The van der Waals surface area contributed by atoms with Crippen molar-refractivity contribution in [3.05, 3.63) is 58.4 Å². The molecule has 0 aromatic heterocycles. The van der Waals surface area contributed by atoms with Crippen molar-refractivity contribution in [1.82, 2.24) is 0 Å². The zero-order valence-corrected chi connectivity index (χ0v) is 18.6. The lowest BCUT2D eigenvalue weighted by molar-refractivity contribution is 0.102. The zero-order valence-electron chi connectivity index (χ0n) is 17.0. The van der Waals surface area contributed by atoms with E-state index in [2.05, 4.69) is 19.2 Å². The minimum absolute atomic E-state index is 0.107. The van der Waals surface area contributed by atoms with E-state index < -0.39 is 29.5 Å². The highest BCUT2D eigenvalue weighted by atomic mass is 35.5. The van der Waals surface area contributed by atoms with Gasteiger partial charge in [-0.3, -0.25) is 4.79 Å². The Hall–Kier alpha value is -1.70. The van der Waals surface area contributed by atoms with Crippen LogP contribution in [0.4, 0.5) is 18.9 Å². The van der Waals surface area contributed by atoms with E-state index in [4.69, 9.17) is 11.6 Å². The van der Waals surface area contributed by atoms with Crippen molar-refractivity contribution >= 4 is 35.0 Å². The van der Waals surface area contributed by atoms with Crippen LogP contribution in [0.15, 0.2) is 35.2 Å². The maximum absolute atomic E-state index is 13.4. The maximum Gasteiger partial charge on any atom is 0.255 e. The topological polar surface area (TPSA) is 49.3 Å². The van der Waals surface area contributed by atoms with Gasteiger partial charge in [0.2, 0.25) is 0 Å². The molecule has 0 heterocycles. The SMILES string of the molecule is CC[C@H](O)CC(CC(C)C)Sc1cc(C(=O)Nc2cc(F)c(F)c(F)c2)ccc1Cl. The van der Waals surface area contributed by atoms with Crippen molar-refractivity contribution in [2.24, 2.45) is 5.92 Å². The molecule has 0 radical (unpaired) electrons. The minimum atomic E-state index is -1.59. The summed E-state index contributed by atoms with van der Waals surface area (Å²) in [5.74, 6) is -4.55. The van der Waals surface area contributed by atoms with Gasteiger partial charge in [-0.05, 0) is 43.4 Å². The van der Waals surface area contributed by atoms with Crippen molar-refractivity contribution in [3.63, 3.8) is 0 Å². The summed E-state index contributed by atoms with van der Waals surface area (Å²) >= 11 is 7.81. The first-order valence-corrected chi connectivity index (χ1v) is 11.0. The summed E-state index contributed by atoms with van der Waals surface area (Å²) in [5, 5.41) is 13.0. The van der Waals surface area contributed by atoms with Crippen molar-refractivity contribution in [2.45, 2.75) is 56.3 Å². The molecule has 2 rings (SSSR count). The van der Waals surface area contributed by atoms with E-state index >= 15 is 0 Å². The Morgan fingerprint density at radius 3 is 2.33 bits per heavy atom. The second-order valence-corrected chi connectivity index (χ2v) is 9.27. The number of carbonyl (C=O) groups excluding carboxylic acids is 1. The second-order valence-electron chi connectivity index (χ2n) is 7.52. The van der Waals surface area contributed by atoms with Gasteiger partial charge in [-0.25, -0.2) is 13.2 Å². The molecule has 3 nitrogen and oxygen atoms in total. The lowest BCUT2D eigenvalue weighted by Crippen LogP contribution is -2.17. The number of anilines is 1. The number of rotatable bonds is 9. The number of carbonyl (C=O) groups is 1. The third-order valence-corrected chi connectivity index (χ3v) is 6.22. The van der Waals surface area contributed by atoms with Gasteiger partial charge in [-0.15, -0.1) is 11.8 Å². The predicted octanol–water partition coefficient (Wildman–Crippen LogP) is 6.68. The molecule has 2 atom stereocenters. The van der Waals surface area contributed by atoms with E-state index in [-0.39, 0.29) is 16.5 Å². The van der Waals surface area contributed by atoms with Crippen molar-refractivity contribution in [1.29, 1.82) is 0 Å². The molecule has 0 bridgehead atoms. The Labute approximate surface area is 184 Å². The highest BCUT2D eigenvalue weighted by molar-refractivity contribution is 8.00. The van der Waals surface area contributed by atoms with Crippen LogP contribution in [-0.2, 0) is 0 Å². The normalized spacial score (nSPS) is 13.4. The molecule has 0 spiro atoms. The number of amides is 1. The van der Waals surface area contributed by atoms with Crippen LogP contribution in [0.1, 0.15) is 50.4 Å². The van der Waals surface area contributed by atoms with Gasteiger partial charge in [0.25, 0.3) is 5.91 Å². The van der Waals surface area contributed by atoms with Gasteiger partial charge in [0.1, 0.15) is 0 Å². The molecule has 1 unspecified atom stereocenters. The fraction of sp³-hybridized carbons (Fsp3) is 0.409. The highest BCUT2D eigenvalue weighted by Crippen LogP contribution is 2.36. The molecule has 0 saturated heterocycles.